The summed E-state index contributed by atoms with van der Waals surface area (Å²) in [6, 6.07) is -0.588. The zero-order chi connectivity index (χ0) is 15.1. The number of rotatable bonds is 7. The summed E-state index contributed by atoms with van der Waals surface area (Å²) in [5.41, 5.74) is 5.67. The number of carbonyl (C=O) groups is 2. The first-order valence-electron chi connectivity index (χ1n) is 6.68. The highest BCUT2D eigenvalue weighted by Crippen LogP contribution is 1.97. The van der Waals surface area contributed by atoms with Crippen molar-refractivity contribution in [2.24, 2.45) is 18.7 Å². The molecule has 0 bridgehead atoms. The predicted octanol–water partition coefficient (Wildman–Crippen LogP) is -0.822. The second-order valence-electron chi connectivity index (χ2n) is 5.04. The van der Waals surface area contributed by atoms with Crippen LogP contribution in [0.3, 0.4) is 0 Å². The Morgan fingerprint density at radius 3 is 2.65 bits per heavy atom. The van der Waals surface area contributed by atoms with Crippen molar-refractivity contribution in [3.8, 4) is 0 Å². The quantitative estimate of drug-likeness (QED) is 0.607. The van der Waals surface area contributed by atoms with Crippen LogP contribution in [0, 0.1) is 5.92 Å². The van der Waals surface area contributed by atoms with Crippen molar-refractivity contribution in [3.05, 3.63) is 18.2 Å². The first kappa shape index (κ1) is 16.2. The lowest BCUT2D eigenvalue weighted by atomic mass is 10.1. The van der Waals surface area contributed by atoms with Crippen LogP contribution in [0.2, 0.25) is 0 Å². The van der Waals surface area contributed by atoms with Gasteiger partial charge in [-0.15, -0.1) is 0 Å². The van der Waals surface area contributed by atoms with Gasteiger partial charge in [0.15, 0.2) is 0 Å². The van der Waals surface area contributed by atoms with Gasteiger partial charge in [0.1, 0.15) is 5.82 Å². The van der Waals surface area contributed by atoms with Crippen molar-refractivity contribution >= 4 is 11.8 Å². The van der Waals surface area contributed by atoms with Crippen molar-refractivity contribution in [2.45, 2.75) is 26.3 Å². The van der Waals surface area contributed by atoms with Crippen molar-refractivity contribution < 1.29 is 9.59 Å². The Kier molecular flexibility index (Phi) is 6.17. The molecule has 7 nitrogen and oxygen atoms in total. The molecule has 0 aromatic carbocycles. The van der Waals surface area contributed by atoms with Gasteiger partial charge in [-0.25, -0.2) is 4.98 Å². The molecule has 1 heterocycles. The van der Waals surface area contributed by atoms with Gasteiger partial charge in [0, 0.05) is 32.4 Å². The number of imidazole rings is 1. The molecular formula is C13H23N5O2. The molecule has 20 heavy (non-hydrogen) atoms. The number of carbonyl (C=O) groups excluding carboxylic acids is 2. The second-order valence-corrected chi connectivity index (χ2v) is 5.04. The molecule has 0 saturated carbocycles. The Balaban J connectivity index is 2.21. The highest BCUT2D eigenvalue weighted by Gasteiger charge is 2.17. The molecule has 2 amide bonds. The lowest BCUT2D eigenvalue weighted by Gasteiger charge is -2.15. The standard InChI is InChI=1S/C13H23N5O2/c1-9(2)12(14)13(20)17-8-11(19)16-5-4-10-15-6-7-18(10)3/h6-7,9,12H,4-5,8,14H2,1-3H3,(H,16,19)(H,17,20)/t12-/m0/s1. The molecule has 1 aromatic rings. The third kappa shape index (κ3) is 5.00. The molecule has 0 aliphatic carbocycles. The van der Waals surface area contributed by atoms with E-state index in [1.165, 1.54) is 0 Å². The van der Waals surface area contributed by atoms with Crippen molar-refractivity contribution in [1.29, 1.82) is 0 Å². The number of nitrogens with one attached hydrogen (secondary N) is 2. The van der Waals surface area contributed by atoms with Crippen molar-refractivity contribution in [1.82, 2.24) is 20.2 Å². The summed E-state index contributed by atoms with van der Waals surface area (Å²) >= 11 is 0. The van der Waals surface area contributed by atoms with E-state index >= 15 is 0 Å². The third-order valence-electron chi connectivity index (χ3n) is 3.04. The fourth-order valence-electron chi connectivity index (χ4n) is 1.60. The molecule has 0 radical (unpaired) electrons. The van der Waals surface area contributed by atoms with E-state index in [-0.39, 0.29) is 24.3 Å². The molecular weight excluding hydrogens is 258 g/mol. The molecule has 0 fully saturated rings. The number of nitrogens with zero attached hydrogens (tertiary/aromatic N) is 2. The minimum Gasteiger partial charge on any atom is -0.354 e. The van der Waals surface area contributed by atoms with E-state index in [0.717, 1.165) is 5.82 Å². The van der Waals surface area contributed by atoms with E-state index in [0.29, 0.717) is 13.0 Å². The summed E-state index contributed by atoms with van der Waals surface area (Å²) in [5, 5.41) is 5.25. The smallest absolute Gasteiger partial charge is 0.239 e. The van der Waals surface area contributed by atoms with E-state index in [9.17, 15) is 9.59 Å². The number of aromatic nitrogens is 2. The fraction of sp³-hybridized carbons (Fsp3) is 0.615. The highest BCUT2D eigenvalue weighted by molar-refractivity contribution is 5.87. The fourth-order valence-corrected chi connectivity index (χ4v) is 1.60. The monoisotopic (exact) mass is 281 g/mol. The second kappa shape index (κ2) is 7.64. The van der Waals surface area contributed by atoms with Crippen molar-refractivity contribution in [3.63, 3.8) is 0 Å². The largest absolute Gasteiger partial charge is 0.354 e. The van der Waals surface area contributed by atoms with Crippen LogP contribution >= 0.6 is 0 Å². The van der Waals surface area contributed by atoms with Gasteiger partial charge in [-0.2, -0.15) is 0 Å². The number of amides is 2. The van der Waals surface area contributed by atoms with Gasteiger partial charge in [0.05, 0.1) is 12.6 Å². The van der Waals surface area contributed by atoms with Gasteiger partial charge in [-0.3, -0.25) is 9.59 Å². The molecule has 0 unspecified atom stereocenters. The lowest BCUT2D eigenvalue weighted by molar-refractivity contribution is -0.127. The van der Waals surface area contributed by atoms with Gasteiger partial charge in [-0.05, 0) is 5.92 Å². The zero-order valence-corrected chi connectivity index (χ0v) is 12.2. The van der Waals surface area contributed by atoms with E-state index in [1.54, 1.807) is 6.20 Å². The van der Waals surface area contributed by atoms with Gasteiger partial charge < -0.3 is 20.9 Å². The van der Waals surface area contributed by atoms with Crippen LogP contribution in [0.1, 0.15) is 19.7 Å². The summed E-state index contributed by atoms with van der Waals surface area (Å²) < 4.78 is 1.90. The number of hydrogen-bond acceptors (Lipinski definition) is 4. The molecule has 0 spiro atoms. The van der Waals surface area contributed by atoms with E-state index in [2.05, 4.69) is 15.6 Å². The SMILES string of the molecule is CC(C)[C@H](N)C(=O)NCC(=O)NCCc1nccn1C. The van der Waals surface area contributed by atoms with E-state index in [4.69, 9.17) is 5.73 Å². The van der Waals surface area contributed by atoms with Crippen LogP contribution in [0.4, 0.5) is 0 Å². The average molecular weight is 281 g/mol. The molecule has 7 heteroatoms. The summed E-state index contributed by atoms with van der Waals surface area (Å²) in [7, 11) is 1.90. The first-order valence-corrected chi connectivity index (χ1v) is 6.68. The Bertz CT molecular complexity index is 455. The molecule has 1 atom stereocenters. The maximum Gasteiger partial charge on any atom is 0.239 e. The van der Waals surface area contributed by atoms with Crippen LogP contribution in [-0.4, -0.2) is 40.5 Å². The topological polar surface area (TPSA) is 102 Å². The lowest BCUT2D eigenvalue weighted by Crippen LogP contribution is -2.47. The molecule has 1 aromatic heterocycles. The van der Waals surface area contributed by atoms with Crippen LogP contribution in [0.15, 0.2) is 12.4 Å². The summed E-state index contributed by atoms with van der Waals surface area (Å²) in [6.45, 7) is 4.14. The zero-order valence-electron chi connectivity index (χ0n) is 12.2. The minimum absolute atomic E-state index is 0.0430. The molecule has 0 aliphatic heterocycles. The predicted molar refractivity (Wildman–Crippen MR) is 75.7 cm³/mol. The minimum atomic E-state index is -0.588. The normalized spacial score (nSPS) is 12.2. The average Bonchev–Trinajstić information content (AvgIpc) is 2.80. The van der Waals surface area contributed by atoms with Crippen LogP contribution < -0.4 is 16.4 Å². The van der Waals surface area contributed by atoms with Crippen LogP contribution in [0.5, 0.6) is 0 Å². The molecule has 112 valence electrons. The maximum atomic E-state index is 11.6. The van der Waals surface area contributed by atoms with E-state index in [1.807, 2.05) is 31.7 Å². The summed E-state index contributed by atoms with van der Waals surface area (Å²) in [4.78, 5) is 27.3. The van der Waals surface area contributed by atoms with Crippen LogP contribution in [-0.2, 0) is 23.1 Å². The summed E-state index contributed by atoms with van der Waals surface area (Å²) in [6.07, 6.45) is 4.21. The number of aryl methyl sites for hydroxylation is 1. The van der Waals surface area contributed by atoms with Crippen LogP contribution in [0.25, 0.3) is 0 Å². The maximum absolute atomic E-state index is 11.6. The Morgan fingerprint density at radius 2 is 2.10 bits per heavy atom. The van der Waals surface area contributed by atoms with E-state index < -0.39 is 6.04 Å². The Morgan fingerprint density at radius 1 is 1.40 bits per heavy atom. The van der Waals surface area contributed by atoms with Gasteiger partial charge in [0.2, 0.25) is 11.8 Å². The molecule has 4 N–H and O–H groups in total. The van der Waals surface area contributed by atoms with Crippen molar-refractivity contribution in [2.75, 3.05) is 13.1 Å². The Hall–Kier alpha value is -1.89. The Labute approximate surface area is 118 Å². The molecule has 0 aliphatic rings. The van der Waals surface area contributed by atoms with Gasteiger partial charge in [-0.1, -0.05) is 13.8 Å². The van der Waals surface area contributed by atoms with Gasteiger partial charge >= 0.3 is 0 Å². The van der Waals surface area contributed by atoms with Gasteiger partial charge in [0.25, 0.3) is 0 Å². The third-order valence-corrected chi connectivity index (χ3v) is 3.04. The first-order chi connectivity index (χ1) is 9.41. The molecule has 0 saturated heterocycles. The number of hydrogen-bond donors (Lipinski definition) is 3. The summed E-state index contributed by atoms with van der Waals surface area (Å²) in [5.74, 6) is 0.403. The molecule has 1 rings (SSSR count). The highest BCUT2D eigenvalue weighted by atomic mass is 16.2. The number of nitrogens with two attached hydrogens (primary N) is 1.